The third-order valence-corrected chi connectivity index (χ3v) is 5.23. The Balaban J connectivity index is 2.07. The molecule has 2 aromatic rings. The normalized spacial score (nSPS) is 18.3. The lowest BCUT2D eigenvalue weighted by atomic mass is 9.88. The molecule has 1 aliphatic rings. The molecule has 182 valence electrons. The van der Waals surface area contributed by atoms with Gasteiger partial charge >= 0.3 is 18.3 Å². The summed E-state index contributed by atoms with van der Waals surface area (Å²) in [5.74, 6) is -2.99. The zero-order valence-corrected chi connectivity index (χ0v) is 18.2. The van der Waals surface area contributed by atoms with Gasteiger partial charge in [-0.25, -0.2) is 14.0 Å². The smallest absolute Gasteiger partial charge is 0.496 e. The molecule has 0 radical (unpaired) electrons. The van der Waals surface area contributed by atoms with Crippen molar-refractivity contribution in [2.75, 3.05) is 18.7 Å². The van der Waals surface area contributed by atoms with Crippen LogP contribution in [0.1, 0.15) is 23.6 Å². The molecular weight excluding hydrogens is 490 g/mol. The van der Waals surface area contributed by atoms with E-state index in [0.717, 1.165) is 19.1 Å². The average Bonchev–Trinajstić information content (AvgIpc) is 2.98. The summed E-state index contributed by atoms with van der Waals surface area (Å²) in [4.78, 5) is 36.3. The lowest BCUT2D eigenvalue weighted by Crippen LogP contribution is -2.40. The lowest BCUT2D eigenvalue weighted by molar-refractivity contribution is -0.147. The van der Waals surface area contributed by atoms with Crippen molar-refractivity contribution in [2.24, 2.45) is 0 Å². The van der Waals surface area contributed by atoms with Crippen molar-refractivity contribution < 1.29 is 51.3 Å². The third-order valence-electron chi connectivity index (χ3n) is 4.99. The molecule has 1 amide bonds. The second-order valence-corrected chi connectivity index (χ2v) is 7.52. The van der Waals surface area contributed by atoms with Gasteiger partial charge in [0.1, 0.15) is 5.75 Å². The monoisotopic (exact) mass is 505 g/mol. The molecule has 0 aliphatic carbocycles. The molecule has 0 bridgehead atoms. The highest BCUT2D eigenvalue weighted by molar-refractivity contribution is 6.30. The number of nitrogens with zero attached hydrogens (tertiary/aromatic N) is 1. The van der Waals surface area contributed by atoms with Gasteiger partial charge in [-0.1, -0.05) is 17.7 Å². The molecule has 0 aromatic heterocycles. The van der Waals surface area contributed by atoms with Crippen molar-refractivity contribution in [3.05, 3.63) is 58.1 Å². The van der Waals surface area contributed by atoms with E-state index in [-0.39, 0.29) is 16.3 Å². The van der Waals surface area contributed by atoms with Gasteiger partial charge in [0.2, 0.25) is 5.67 Å². The van der Waals surface area contributed by atoms with Gasteiger partial charge in [-0.05, 0) is 37.3 Å². The first-order valence-electron chi connectivity index (χ1n) is 9.43. The van der Waals surface area contributed by atoms with Crippen LogP contribution in [0.15, 0.2) is 36.4 Å². The summed E-state index contributed by atoms with van der Waals surface area (Å²) in [5, 5.41) is 8.80. The van der Waals surface area contributed by atoms with Crippen LogP contribution in [0.2, 0.25) is 5.02 Å². The number of hydrogen-bond donors (Lipinski definition) is 1. The highest BCUT2D eigenvalue weighted by Gasteiger charge is 2.55. The number of ether oxygens (including phenoxy) is 3. The van der Waals surface area contributed by atoms with Crippen molar-refractivity contribution in [1.29, 1.82) is 0 Å². The van der Waals surface area contributed by atoms with Crippen LogP contribution in [0.5, 0.6) is 5.75 Å². The summed E-state index contributed by atoms with van der Waals surface area (Å²) >= 11 is 5.96. The number of aliphatic carboxylic acids is 1. The second-order valence-electron chi connectivity index (χ2n) is 7.09. The number of benzene rings is 2. The number of amides is 1. The molecular formula is C21H16ClF4NO7. The number of carbonyl (C=O) groups is 3. The zero-order chi connectivity index (χ0) is 25.4. The van der Waals surface area contributed by atoms with Gasteiger partial charge < -0.3 is 19.3 Å². The average molecular weight is 506 g/mol. The Morgan fingerprint density at radius 1 is 1.18 bits per heavy atom. The van der Waals surface area contributed by atoms with E-state index in [1.54, 1.807) is 0 Å². The summed E-state index contributed by atoms with van der Waals surface area (Å²) in [6, 6.07) is 5.65. The minimum Gasteiger partial charge on any atom is -0.496 e. The van der Waals surface area contributed by atoms with Crippen LogP contribution in [-0.2, 0) is 30.9 Å². The Bertz CT molecular complexity index is 1160. The van der Waals surface area contributed by atoms with Gasteiger partial charge in [0, 0.05) is 16.1 Å². The molecule has 2 aromatic carbocycles. The minimum atomic E-state index is -4.82. The first-order chi connectivity index (χ1) is 15.8. The molecule has 1 N–H and O–H groups in total. The molecule has 0 spiro atoms. The Hall–Kier alpha value is -3.54. The zero-order valence-electron chi connectivity index (χ0n) is 17.5. The van der Waals surface area contributed by atoms with Crippen molar-refractivity contribution >= 4 is 35.3 Å². The van der Waals surface area contributed by atoms with Crippen LogP contribution in [0.4, 0.5) is 28.0 Å². The highest BCUT2D eigenvalue weighted by atomic mass is 35.5. The number of carbonyl (C=O) groups excluding carboxylic acids is 2. The fraction of sp³-hybridized carbons (Fsp3) is 0.286. The van der Waals surface area contributed by atoms with Crippen LogP contribution in [0.25, 0.3) is 0 Å². The lowest BCUT2D eigenvalue weighted by Gasteiger charge is -2.23. The van der Waals surface area contributed by atoms with Gasteiger partial charge in [-0.15, -0.1) is 0 Å². The number of alkyl halides is 4. The maximum absolute atomic E-state index is 16.5. The quantitative estimate of drug-likeness (QED) is 0.455. The number of halogens is 5. The predicted octanol–water partition coefficient (Wildman–Crippen LogP) is 4.51. The molecule has 34 heavy (non-hydrogen) atoms. The van der Waals surface area contributed by atoms with E-state index in [2.05, 4.69) is 9.47 Å². The molecule has 0 saturated carbocycles. The molecule has 8 nitrogen and oxygen atoms in total. The fourth-order valence-electron chi connectivity index (χ4n) is 3.32. The Labute approximate surface area is 194 Å². The Morgan fingerprint density at radius 3 is 2.44 bits per heavy atom. The van der Waals surface area contributed by atoms with Crippen molar-refractivity contribution in [3.8, 4) is 5.75 Å². The van der Waals surface area contributed by atoms with E-state index < -0.39 is 59.5 Å². The van der Waals surface area contributed by atoms with E-state index in [1.807, 2.05) is 0 Å². The van der Waals surface area contributed by atoms with E-state index in [0.29, 0.717) is 17.0 Å². The number of carboxylic acids is 1. The van der Waals surface area contributed by atoms with Crippen LogP contribution < -0.4 is 9.64 Å². The fourth-order valence-corrected chi connectivity index (χ4v) is 3.49. The maximum atomic E-state index is 16.5. The van der Waals surface area contributed by atoms with E-state index >= 15 is 4.39 Å². The molecule has 0 fully saturated rings. The number of rotatable bonds is 6. The summed E-state index contributed by atoms with van der Waals surface area (Å²) in [7, 11) is 1.20. The standard InChI is InChI=1S/C21H16ClF4NO7/c1-10(17(28)29)34-19(31)33-9-27-15-7-11(21(24,25)26)3-5-13(15)20(23,18(27)30)14-8-12(22)4-6-16(14)32-2/h3-8,10H,9H2,1-2H3,(H,28,29)/t10-,20-/m0/s1. The van der Waals surface area contributed by atoms with E-state index in [9.17, 15) is 27.6 Å². The largest absolute Gasteiger partial charge is 0.510 e. The van der Waals surface area contributed by atoms with Crippen LogP contribution in [0, 0.1) is 0 Å². The molecule has 1 heterocycles. The molecule has 13 heteroatoms. The predicted molar refractivity (Wildman–Crippen MR) is 108 cm³/mol. The molecule has 2 atom stereocenters. The molecule has 3 rings (SSSR count). The van der Waals surface area contributed by atoms with Crippen LogP contribution in [0.3, 0.4) is 0 Å². The van der Waals surface area contributed by atoms with E-state index in [1.165, 1.54) is 19.2 Å². The van der Waals surface area contributed by atoms with Gasteiger partial charge in [-0.2, -0.15) is 13.2 Å². The summed E-state index contributed by atoms with van der Waals surface area (Å²) in [6.07, 6.45) is -7.97. The van der Waals surface area contributed by atoms with Gasteiger partial charge in [0.25, 0.3) is 5.91 Å². The first-order valence-corrected chi connectivity index (χ1v) is 9.81. The molecule has 0 saturated heterocycles. The first kappa shape index (κ1) is 25.1. The molecule has 1 aliphatic heterocycles. The highest BCUT2D eigenvalue weighted by Crippen LogP contribution is 2.51. The number of anilines is 1. The van der Waals surface area contributed by atoms with Crippen LogP contribution >= 0.6 is 11.6 Å². The maximum Gasteiger partial charge on any atom is 0.510 e. The van der Waals surface area contributed by atoms with Gasteiger partial charge in [0.15, 0.2) is 12.8 Å². The Kier molecular flexibility index (Phi) is 6.65. The number of hydrogen-bond acceptors (Lipinski definition) is 6. The Morgan fingerprint density at radius 2 is 1.85 bits per heavy atom. The molecule has 0 unspecified atom stereocenters. The second kappa shape index (κ2) is 9.01. The summed E-state index contributed by atoms with van der Waals surface area (Å²) < 4.78 is 70.7. The summed E-state index contributed by atoms with van der Waals surface area (Å²) in [5.41, 5.74) is -5.60. The van der Waals surface area contributed by atoms with Gasteiger partial charge in [0.05, 0.1) is 18.4 Å². The van der Waals surface area contributed by atoms with Crippen LogP contribution in [-0.4, -0.2) is 43.1 Å². The van der Waals surface area contributed by atoms with Crippen molar-refractivity contribution in [1.82, 2.24) is 0 Å². The third kappa shape index (κ3) is 4.45. The number of carboxylic acid groups (broad SMARTS) is 1. The van der Waals surface area contributed by atoms with Crippen molar-refractivity contribution in [3.63, 3.8) is 0 Å². The summed E-state index contributed by atoms with van der Waals surface area (Å²) in [6.45, 7) is -0.0413. The number of methoxy groups -OCH3 is 1. The van der Waals surface area contributed by atoms with Gasteiger partial charge in [-0.3, -0.25) is 9.69 Å². The van der Waals surface area contributed by atoms with E-state index in [4.69, 9.17) is 21.4 Å². The topological polar surface area (TPSA) is 102 Å². The SMILES string of the molecule is COc1ccc(Cl)cc1[C@]1(F)C(=O)N(COC(=O)O[C@@H](C)C(=O)O)c2cc(C(F)(F)F)ccc21. The minimum absolute atomic E-state index is 0.0232. The van der Waals surface area contributed by atoms with Crippen molar-refractivity contribution in [2.45, 2.75) is 24.9 Å². The number of fused-ring (bicyclic) bond motifs is 1.